The molecule has 1 aliphatic rings. The van der Waals surface area contributed by atoms with Crippen LogP contribution in [0.25, 0.3) is 0 Å². The van der Waals surface area contributed by atoms with E-state index in [0.29, 0.717) is 5.82 Å². The maximum absolute atomic E-state index is 11.8. The van der Waals surface area contributed by atoms with E-state index in [1.807, 2.05) is 30.3 Å². The number of nitrogens with one attached hydrogen (secondary N) is 1. The second-order valence-electron chi connectivity index (χ2n) is 4.03. The molecular formula is C13H12N2O2S. The smallest absolute Gasteiger partial charge is 0.255 e. The van der Waals surface area contributed by atoms with Crippen LogP contribution in [0.5, 0.6) is 5.75 Å². The molecule has 18 heavy (non-hydrogen) atoms. The van der Waals surface area contributed by atoms with Gasteiger partial charge in [0.15, 0.2) is 0 Å². The number of rotatable bonds is 3. The fraction of sp³-hybridized carbons (Fsp3) is 0.231. The third kappa shape index (κ3) is 2.26. The molecule has 0 atom stereocenters. The summed E-state index contributed by atoms with van der Waals surface area (Å²) in [6.07, 6.45) is 0. The lowest BCUT2D eigenvalue weighted by molar-refractivity contribution is 0.295. The number of H-pyrrole nitrogens is 1. The van der Waals surface area contributed by atoms with E-state index in [2.05, 4.69) is 9.97 Å². The van der Waals surface area contributed by atoms with Crippen LogP contribution < -0.4 is 10.3 Å². The predicted octanol–water partition coefficient (Wildman–Crippen LogP) is 2.10. The quantitative estimate of drug-likeness (QED) is 0.918. The molecule has 1 aliphatic heterocycles. The van der Waals surface area contributed by atoms with Crippen LogP contribution in [0.3, 0.4) is 0 Å². The fourth-order valence-electron chi connectivity index (χ4n) is 1.85. The van der Waals surface area contributed by atoms with Crippen LogP contribution in [0.1, 0.15) is 17.1 Å². The van der Waals surface area contributed by atoms with Gasteiger partial charge >= 0.3 is 0 Å². The van der Waals surface area contributed by atoms with Crippen molar-refractivity contribution in [3.05, 3.63) is 57.8 Å². The Morgan fingerprint density at radius 1 is 1.28 bits per heavy atom. The van der Waals surface area contributed by atoms with Crippen LogP contribution in [-0.2, 0) is 18.1 Å². The summed E-state index contributed by atoms with van der Waals surface area (Å²) in [5.74, 6) is 2.94. The van der Waals surface area contributed by atoms with Gasteiger partial charge in [0.1, 0.15) is 18.2 Å². The number of benzene rings is 1. The van der Waals surface area contributed by atoms with Crippen LogP contribution in [-0.4, -0.2) is 9.97 Å². The average Bonchev–Trinajstić information content (AvgIpc) is 2.86. The Morgan fingerprint density at radius 3 is 2.94 bits per heavy atom. The van der Waals surface area contributed by atoms with E-state index in [4.69, 9.17) is 4.74 Å². The highest BCUT2D eigenvalue weighted by molar-refractivity contribution is 7.98. The number of thioether (sulfide) groups is 1. The van der Waals surface area contributed by atoms with Gasteiger partial charge in [-0.1, -0.05) is 18.2 Å². The monoisotopic (exact) mass is 260 g/mol. The van der Waals surface area contributed by atoms with E-state index in [1.165, 1.54) is 0 Å². The Kier molecular flexibility index (Phi) is 3.06. The molecule has 0 saturated carbocycles. The molecule has 2 heterocycles. The Morgan fingerprint density at radius 2 is 2.11 bits per heavy atom. The zero-order valence-corrected chi connectivity index (χ0v) is 10.5. The van der Waals surface area contributed by atoms with Crippen molar-refractivity contribution in [2.45, 2.75) is 18.1 Å². The summed E-state index contributed by atoms with van der Waals surface area (Å²) in [6, 6.07) is 9.50. The first kappa shape index (κ1) is 11.3. The number of aromatic amines is 1. The Bertz CT molecular complexity index is 610. The molecule has 1 aromatic carbocycles. The molecule has 0 unspecified atom stereocenters. The topological polar surface area (TPSA) is 55.0 Å². The van der Waals surface area contributed by atoms with Gasteiger partial charge in [-0.2, -0.15) is 11.8 Å². The molecule has 3 rings (SSSR count). The molecule has 4 nitrogen and oxygen atoms in total. The first-order valence-corrected chi connectivity index (χ1v) is 6.85. The minimum atomic E-state index is -0.0309. The van der Waals surface area contributed by atoms with E-state index < -0.39 is 0 Å². The highest BCUT2D eigenvalue weighted by Gasteiger charge is 2.17. The van der Waals surface area contributed by atoms with E-state index in [1.54, 1.807) is 11.8 Å². The maximum atomic E-state index is 11.8. The molecular weight excluding hydrogens is 248 g/mol. The zero-order chi connectivity index (χ0) is 12.4. The van der Waals surface area contributed by atoms with Crippen molar-refractivity contribution in [2.75, 3.05) is 0 Å². The number of nitrogens with zero attached hydrogens (tertiary/aromatic N) is 1. The molecule has 0 saturated heterocycles. The van der Waals surface area contributed by atoms with Gasteiger partial charge in [-0.3, -0.25) is 4.79 Å². The molecule has 2 aromatic rings. The fourth-order valence-corrected chi connectivity index (χ4v) is 2.89. The molecule has 5 heteroatoms. The standard InChI is InChI=1S/C13H12N2O2S/c16-13-10-7-18-8-11(10)14-12(15-13)6-17-9-4-2-1-3-5-9/h1-5H,6-8H2,(H,14,15,16). The summed E-state index contributed by atoms with van der Waals surface area (Å²) in [7, 11) is 0. The number of aromatic nitrogens is 2. The highest BCUT2D eigenvalue weighted by Crippen LogP contribution is 2.25. The maximum Gasteiger partial charge on any atom is 0.255 e. The molecule has 0 spiro atoms. The number of hydrogen-bond acceptors (Lipinski definition) is 4. The van der Waals surface area contributed by atoms with Gasteiger partial charge in [-0.05, 0) is 12.1 Å². The normalized spacial score (nSPS) is 13.3. The molecule has 0 fully saturated rings. The largest absolute Gasteiger partial charge is 0.486 e. The first-order chi connectivity index (χ1) is 8.83. The van der Waals surface area contributed by atoms with E-state index >= 15 is 0 Å². The van der Waals surface area contributed by atoms with E-state index in [9.17, 15) is 4.79 Å². The minimum Gasteiger partial charge on any atom is -0.486 e. The predicted molar refractivity (Wildman–Crippen MR) is 70.6 cm³/mol. The summed E-state index contributed by atoms with van der Waals surface area (Å²) < 4.78 is 5.57. The van der Waals surface area contributed by atoms with Gasteiger partial charge in [0.05, 0.1) is 5.69 Å². The Hall–Kier alpha value is -1.75. The van der Waals surface area contributed by atoms with Gasteiger partial charge in [0.25, 0.3) is 5.56 Å². The summed E-state index contributed by atoms with van der Waals surface area (Å²) >= 11 is 1.72. The Labute approximate surface area is 108 Å². The van der Waals surface area contributed by atoms with Crippen LogP contribution in [0.15, 0.2) is 35.1 Å². The third-order valence-corrected chi connectivity index (χ3v) is 3.72. The van der Waals surface area contributed by atoms with E-state index in [-0.39, 0.29) is 12.2 Å². The second-order valence-corrected chi connectivity index (χ2v) is 5.02. The number of fused-ring (bicyclic) bond motifs is 1. The molecule has 1 N–H and O–H groups in total. The number of para-hydroxylation sites is 1. The summed E-state index contributed by atoms with van der Waals surface area (Å²) in [5, 5.41) is 0. The SMILES string of the molecule is O=c1[nH]c(COc2ccccc2)nc2c1CSC2. The number of hydrogen-bond donors (Lipinski definition) is 1. The third-order valence-electron chi connectivity index (χ3n) is 2.75. The first-order valence-electron chi connectivity index (χ1n) is 5.69. The lowest BCUT2D eigenvalue weighted by Gasteiger charge is -2.06. The lowest BCUT2D eigenvalue weighted by atomic mass is 10.3. The van der Waals surface area contributed by atoms with Gasteiger partial charge in [0, 0.05) is 17.1 Å². The molecule has 0 amide bonds. The van der Waals surface area contributed by atoms with Crippen LogP contribution in [0.2, 0.25) is 0 Å². The summed E-state index contributed by atoms with van der Waals surface area (Å²) in [6.45, 7) is 0.289. The highest BCUT2D eigenvalue weighted by atomic mass is 32.2. The van der Waals surface area contributed by atoms with Crippen molar-refractivity contribution in [3.63, 3.8) is 0 Å². The second kappa shape index (κ2) is 4.86. The van der Waals surface area contributed by atoms with Crippen molar-refractivity contribution in [2.24, 2.45) is 0 Å². The summed E-state index contributed by atoms with van der Waals surface area (Å²) in [4.78, 5) is 19.0. The van der Waals surface area contributed by atoms with Crippen LogP contribution in [0, 0.1) is 0 Å². The van der Waals surface area contributed by atoms with Gasteiger partial charge in [-0.15, -0.1) is 0 Å². The molecule has 0 bridgehead atoms. The summed E-state index contributed by atoms with van der Waals surface area (Å²) in [5.41, 5.74) is 1.68. The van der Waals surface area contributed by atoms with Crippen molar-refractivity contribution in [1.82, 2.24) is 9.97 Å². The van der Waals surface area contributed by atoms with Crippen LogP contribution >= 0.6 is 11.8 Å². The van der Waals surface area contributed by atoms with Crippen molar-refractivity contribution >= 4 is 11.8 Å². The number of ether oxygens (including phenoxy) is 1. The van der Waals surface area contributed by atoms with Crippen molar-refractivity contribution in [3.8, 4) is 5.75 Å². The molecule has 0 radical (unpaired) electrons. The van der Waals surface area contributed by atoms with Crippen molar-refractivity contribution in [1.29, 1.82) is 0 Å². The van der Waals surface area contributed by atoms with Gasteiger partial charge in [-0.25, -0.2) is 4.98 Å². The average molecular weight is 260 g/mol. The van der Waals surface area contributed by atoms with Crippen LogP contribution in [0.4, 0.5) is 0 Å². The van der Waals surface area contributed by atoms with Gasteiger partial charge < -0.3 is 9.72 Å². The minimum absolute atomic E-state index is 0.0309. The molecule has 0 aliphatic carbocycles. The van der Waals surface area contributed by atoms with Gasteiger partial charge in [0.2, 0.25) is 0 Å². The Balaban J connectivity index is 1.78. The molecule has 1 aromatic heterocycles. The molecule has 92 valence electrons. The van der Waals surface area contributed by atoms with Crippen molar-refractivity contribution < 1.29 is 4.74 Å². The zero-order valence-electron chi connectivity index (χ0n) is 9.68. The van der Waals surface area contributed by atoms with E-state index in [0.717, 1.165) is 28.5 Å². The lowest BCUT2D eigenvalue weighted by Crippen LogP contribution is -2.18.